The zero-order valence-corrected chi connectivity index (χ0v) is 10.5. The zero-order valence-electron chi connectivity index (χ0n) is 9.75. The molecule has 100 valence electrons. The van der Waals surface area contributed by atoms with Crippen molar-refractivity contribution in [3.8, 4) is 0 Å². The average molecular weight is 279 g/mol. The molecule has 0 fully saturated rings. The number of rotatable bonds is 5. The van der Waals surface area contributed by atoms with E-state index in [1.807, 2.05) is 0 Å². The van der Waals surface area contributed by atoms with Crippen molar-refractivity contribution in [2.24, 2.45) is 5.73 Å². The average Bonchev–Trinajstić information content (AvgIpc) is 2.30. The molecule has 0 unspecified atom stereocenters. The van der Waals surface area contributed by atoms with Crippen molar-refractivity contribution < 1.29 is 18.3 Å². The summed E-state index contributed by atoms with van der Waals surface area (Å²) in [6.07, 6.45) is -3.00. The van der Waals surface area contributed by atoms with Crippen LogP contribution in [0.4, 0.5) is 8.78 Å². The summed E-state index contributed by atoms with van der Waals surface area (Å²) >= 11 is 5.66. The maximum atomic E-state index is 12.6. The molecule has 0 aliphatic rings. The van der Waals surface area contributed by atoms with Crippen LogP contribution in [0.3, 0.4) is 0 Å². The van der Waals surface area contributed by atoms with Crippen LogP contribution in [-0.2, 0) is 22.5 Å². The largest absolute Gasteiger partial charge is 0.466 e. The molecule has 0 spiro atoms. The monoisotopic (exact) mass is 278 g/mol. The second-order valence-corrected chi connectivity index (χ2v) is 3.86. The summed E-state index contributed by atoms with van der Waals surface area (Å²) in [6, 6.07) is 1.31. The summed E-state index contributed by atoms with van der Waals surface area (Å²) in [4.78, 5) is 15.0. The Morgan fingerprint density at radius 1 is 1.61 bits per heavy atom. The van der Waals surface area contributed by atoms with Crippen LogP contribution in [-0.4, -0.2) is 17.6 Å². The van der Waals surface area contributed by atoms with E-state index in [0.29, 0.717) is 5.56 Å². The van der Waals surface area contributed by atoms with Gasteiger partial charge in [-0.05, 0) is 18.6 Å². The van der Waals surface area contributed by atoms with E-state index >= 15 is 0 Å². The second kappa shape index (κ2) is 6.61. The molecule has 0 saturated heterocycles. The summed E-state index contributed by atoms with van der Waals surface area (Å²) in [6.45, 7) is 1.93. The smallest absolute Gasteiger partial charge is 0.311 e. The molecular formula is C11H13ClF2N2O2. The number of carbonyl (C=O) groups excluding carboxylic acids is 1. The molecule has 1 rings (SSSR count). The fourth-order valence-corrected chi connectivity index (χ4v) is 1.67. The number of ether oxygens (including phenoxy) is 1. The minimum absolute atomic E-state index is 0.0605. The van der Waals surface area contributed by atoms with Crippen LogP contribution in [0.25, 0.3) is 0 Å². The fourth-order valence-electron chi connectivity index (χ4n) is 1.41. The number of esters is 1. The molecule has 4 nitrogen and oxygen atoms in total. The summed E-state index contributed by atoms with van der Waals surface area (Å²) < 4.78 is 30.0. The van der Waals surface area contributed by atoms with Gasteiger partial charge in [0.2, 0.25) is 0 Å². The first-order valence-corrected chi connectivity index (χ1v) is 5.69. The topological polar surface area (TPSA) is 65.2 Å². The molecule has 0 aliphatic carbocycles. The Hall–Kier alpha value is -1.27. The molecule has 7 heteroatoms. The highest BCUT2D eigenvalue weighted by Gasteiger charge is 2.19. The molecule has 0 saturated carbocycles. The van der Waals surface area contributed by atoms with Crippen LogP contribution in [0.1, 0.15) is 30.3 Å². The highest BCUT2D eigenvalue weighted by molar-refractivity contribution is 6.31. The Morgan fingerprint density at radius 2 is 2.28 bits per heavy atom. The summed E-state index contributed by atoms with van der Waals surface area (Å²) in [7, 11) is 0. The normalized spacial score (nSPS) is 10.8. The van der Waals surface area contributed by atoms with Gasteiger partial charge in [-0.15, -0.1) is 0 Å². The van der Waals surface area contributed by atoms with Gasteiger partial charge in [0.05, 0.1) is 23.7 Å². The Bertz CT molecular complexity index is 441. The predicted octanol–water partition coefficient (Wildman–Crippen LogP) is 2.24. The highest BCUT2D eigenvalue weighted by Crippen LogP contribution is 2.27. The molecular weight excluding hydrogens is 266 g/mol. The molecule has 1 heterocycles. The van der Waals surface area contributed by atoms with Gasteiger partial charge in [0.25, 0.3) is 6.43 Å². The van der Waals surface area contributed by atoms with Crippen molar-refractivity contribution >= 4 is 17.6 Å². The van der Waals surface area contributed by atoms with E-state index < -0.39 is 18.1 Å². The standard InChI is InChI=1S/C11H13ClF2N2O2/c1-2-18-9(17)4-8-6(5-15)3-7(12)10(16-8)11(13)14/h3,11H,2,4-5,15H2,1H3. The maximum absolute atomic E-state index is 12.6. The van der Waals surface area contributed by atoms with Gasteiger partial charge in [-0.1, -0.05) is 11.6 Å². The van der Waals surface area contributed by atoms with Gasteiger partial charge >= 0.3 is 5.97 Å². The van der Waals surface area contributed by atoms with Gasteiger partial charge in [0.1, 0.15) is 5.69 Å². The summed E-state index contributed by atoms with van der Waals surface area (Å²) in [5.41, 5.74) is 5.54. The lowest BCUT2D eigenvalue weighted by Gasteiger charge is -2.10. The Kier molecular flexibility index (Phi) is 5.43. The zero-order chi connectivity index (χ0) is 13.7. The van der Waals surface area contributed by atoms with E-state index in [4.69, 9.17) is 22.1 Å². The molecule has 2 N–H and O–H groups in total. The number of nitrogens with zero attached hydrogens (tertiary/aromatic N) is 1. The quantitative estimate of drug-likeness (QED) is 0.839. The van der Waals surface area contributed by atoms with Gasteiger partial charge < -0.3 is 10.5 Å². The second-order valence-electron chi connectivity index (χ2n) is 3.45. The van der Waals surface area contributed by atoms with E-state index in [1.165, 1.54) is 6.07 Å². The van der Waals surface area contributed by atoms with Crippen molar-refractivity contribution in [1.29, 1.82) is 0 Å². The summed E-state index contributed by atoms with van der Waals surface area (Å²) in [5.74, 6) is -0.540. The predicted molar refractivity (Wildman–Crippen MR) is 62.4 cm³/mol. The van der Waals surface area contributed by atoms with Gasteiger partial charge in [0, 0.05) is 6.54 Å². The number of nitrogens with two attached hydrogens (primary N) is 1. The van der Waals surface area contributed by atoms with Gasteiger partial charge in [0.15, 0.2) is 0 Å². The third kappa shape index (κ3) is 3.61. The third-order valence-electron chi connectivity index (χ3n) is 2.22. The number of halogens is 3. The van der Waals surface area contributed by atoms with Crippen LogP contribution >= 0.6 is 11.6 Å². The van der Waals surface area contributed by atoms with E-state index in [9.17, 15) is 13.6 Å². The first kappa shape index (κ1) is 14.8. The van der Waals surface area contributed by atoms with E-state index in [2.05, 4.69) is 4.98 Å². The Labute approximate surface area is 108 Å². The number of carbonyl (C=O) groups is 1. The molecule has 0 amide bonds. The number of hydrogen-bond donors (Lipinski definition) is 1. The first-order valence-electron chi connectivity index (χ1n) is 5.31. The highest BCUT2D eigenvalue weighted by atomic mass is 35.5. The lowest BCUT2D eigenvalue weighted by Crippen LogP contribution is -2.14. The van der Waals surface area contributed by atoms with E-state index in [0.717, 1.165) is 0 Å². The van der Waals surface area contributed by atoms with Gasteiger partial charge in [-0.25, -0.2) is 13.8 Å². The summed E-state index contributed by atoms with van der Waals surface area (Å²) in [5, 5.41) is -0.155. The van der Waals surface area contributed by atoms with Gasteiger partial charge in [-0.3, -0.25) is 4.79 Å². The van der Waals surface area contributed by atoms with Crippen molar-refractivity contribution in [2.75, 3.05) is 6.61 Å². The molecule has 1 aromatic rings. The Morgan fingerprint density at radius 3 is 2.78 bits per heavy atom. The van der Waals surface area contributed by atoms with Crippen molar-refractivity contribution in [2.45, 2.75) is 26.3 Å². The molecule has 0 bridgehead atoms. The Balaban J connectivity index is 3.08. The molecule has 0 aliphatic heterocycles. The van der Waals surface area contributed by atoms with Crippen LogP contribution in [0.2, 0.25) is 5.02 Å². The van der Waals surface area contributed by atoms with Crippen LogP contribution < -0.4 is 5.73 Å². The van der Waals surface area contributed by atoms with E-state index in [-0.39, 0.29) is 30.3 Å². The number of aromatic nitrogens is 1. The SMILES string of the molecule is CCOC(=O)Cc1nc(C(F)F)c(Cl)cc1CN. The molecule has 0 aromatic carbocycles. The molecule has 0 radical (unpaired) electrons. The molecule has 1 aromatic heterocycles. The van der Waals surface area contributed by atoms with Crippen LogP contribution in [0, 0.1) is 0 Å². The lowest BCUT2D eigenvalue weighted by atomic mass is 10.1. The molecule has 0 atom stereocenters. The third-order valence-corrected chi connectivity index (χ3v) is 2.52. The minimum atomic E-state index is -2.80. The van der Waals surface area contributed by atoms with Crippen LogP contribution in [0.15, 0.2) is 6.07 Å². The number of alkyl halides is 2. The van der Waals surface area contributed by atoms with Gasteiger partial charge in [-0.2, -0.15) is 0 Å². The van der Waals surface area contributed by atoms with Crippen molar-refractivity contribution in [1.82, 2.24) is 4.98 Å². The fraction of sp³-hybridized carbons (Fsp3) is 0.455. The molecule has 18 heavy (non-hydrogen) atoms. The van der Waals surface area contributed by atoms with Crippen molar-refractivity contribution in [3.05, 3.63) is 28.0 Å². The van der Waals surface area contributed by atoms with Crippen LogP contribution in [0.5, 0.6) is 0 Å². The first-order chi connectivity index (χ1) is 8.49. The number of hydrogen-bond acceptors (Lipinski definition) is 4. The van der Waals surface area contributed by atoms with Crippen molar-refractivity contribution in [3.63, 3.8) is 0 Å². The minimum Gasteiger partial charge on any atom is -0.466 e. The van der Waals surface area contributed by atoms with E-state index in [1.54, 1.807) is 6.92 Å². The lowest BCUT2D eigenvalue weighted by molar-refractivity contribution is -0.142. The number of pyridine rings is 1. The maximum Gasteiger partial charge on any atom is 0.311 e.